The van der Waals surface area contributed by atoms with Crippen LogP contribution in [0.2, 0.25) is 0 Å². The molecule has 204 valence electrons. The van der Waals surface area contributed by atoms with E-state index in [9.17, 15) is 14.7 Å². The molecular weight excluding hydrogens is 486 g/mol. The normalized spacial score (nSPS) is 17.1. The Morgan fingerprint density at radius 3 is 2.38 bits per heavy atom. The first-order valence-electron chi connectivity index (χ1n) is 13.3. The summed E-state index contributed by atoms with van der Waals surface area (Å²) in [5.74, 6) is 0.346. The van der Waals surface area contributed by atoms with Crippen molar-refractivity contribution < 1.29 is 24.2 Å². The fraction of sp³-hybridized carbons (Fsp3) is 0.600. The molecule has 1 amide bonds. The van der Waals surface area contributed by atoms with Gasteiger partial charge in [-0.15, -0.1) is 11.3 Å². The van der Waals surface area contributed by atoms with E-state index >= 15 is 0 Å². The van der Waals surface area contributed by atoms with Gasteiger partial charge in [-0.1, -0.05) is 46.8 Å². The number of carbonyl (C=O) groups excluding carboxylic acids is 2. The topological polar surface area (TPSA) is 76.1 Å². The van der Waals surface area contributed by atoms with E-state index in [1.165, 1.54) is 12.7 Å². The van der Waals surface area contributed by atoms with Gasteiger partial charge in [0.25, 0.3) is 5.91 Å². The van der Waals surface area contributed by atoms with E-state index in [1.54, 1.807) is 16.2 Å². The predicted molar refractivity (Wildman–Crippen MR) is 149 cm³/mol. The highest BCUT2D eigenvalue weighted by Gasteiger charge is 2.38. The molecule has 1 aromatic carbocycles. The lowest BCUT2D eigenvalue weighted by Gasteiger charge is -2.32. The van der Waals surface area contributed by atoms with Crippen LogP contribution >= 0.6 is 11.3 Å². The molecule has 1 saturated heterocycles. The van der Waals surface area contributed by atoms with Crippen molar-refractivity contribution in [1.82, 2.24) is 4.90 Å². The lowest BCUT2D eigenvalue weighted by Crippen LogP contribution is -2.41. The fourth-order valence-corrected chi connectivity index (χ4v) is 6.61. The number of esters is 1. The molecular formula is C30H43NO5S. The molecule has 37 heavy (non-hydrogen) atoms. The summed E-state index contributed by atoms with van der Waals surface area (Å²) in [6.07, 6.45) is 2.65. The zero-order chi connectivity index (χ0) is 27.5. The average Bonchev–Trinajstić information content (AvgIpc) is 3.50. The van der Waals surface area contributed by atoms with E-state index in [2.05, 4.69) is 32.0 Å². The first kappa shape index (κ1) is 29.2. The van der Waals surface area contributed by atoms with Gasteiger partial charge in [0.15, 0.2) is 0 Å². The molecule has 0 saturated carbocycles. The molecule has 0 spiro atoms. The van der Waals surface area contributed by atoms with Crippen LogP contribution in [0.4, 0.5) is 0 Å². The second-order valence-electron chi connectivity index (χ2n) is 11.3. The van der Waals surface area contributed by atoms with Gasteiger partial charge >= 0.3 is 5.97 Å². The van der Waals surface area contributed by atoms with Crippen molar-refractivity contribution in [2.75, 3.05) is 20.3 Å². The monoisotopic (exact) mass is 529 g/mol. The van der Waals surface area contributed by atoms with E-state index < -0.39 is 12.1 Å². The molecule has 2 unspecified atom stereocenters. The van der Waals surface area contributed by atoms with Gasteiger partial charge in [0, 0.05) is 16.8 Å². The second-order valence-corrected chi connectivity index (χ2v) is 12.3. The number of aryl methyl sites for hydroxylation is 2. The smallest absolute Gasteiger partial charge is 0.328 e. The minimum atomic E-state index is -0.559. The summed E-state index contributed by atoms with van der Waals surface area (Å²) in [5.41, 5.74) is 2.67. The molecule has 1 aliphatic rings. The molecule has 2 atom stereocenters. The van der Waals surface area contributed by atoms with E-state index in [1.807, 2.05) is 40.7 Å². The van der Waals surface area contributed by atoms with Gasteiger partial charge in [-0.2, -0.15) is 0 Å². The number of likely N-dealkylation sites (tertiary alicyclic amines) is 1. The third-order valence-electron chi connectivity index (χ3n) is 7.90. The molecule has 6 nitrogen and oxygen atoms in total. The van der Waals surface area contributed by atoms with Gasteiger partial charge in [-0.3, -0.25) is 4.79 Å². The quantitative estimate of drug-likeness (QED) is 0.401. The van der Waals surface area contributed by atoms with Crippen LogP contribution in [0.3, 0.4) is 0 Å². The Kier molecular flexibility index (Phi) is 9.12. The molecule has 0 bridgehead atoms. The number of carbonyl (C=O) groups is 2. The highest BCUT2D eigenvalue weighted by atomic mass is 32.1. The largest absolute Gasteiger partial charge is 0.491 e. The summed E-state index contributed by atoms with van der Waals surface area (Å²) in [5, 5.41) is 10.4. The number of methoxy groups -OCH3 is 1. The average molecular weight is 530 g/mol. The molecule has 1 aromatic heterocycles. The number of aliphatic hydroxyl groups excluding tert-OH is 1. The van der Waals surface area contributed by atoms with Crippen LogP contribution in [0, 0.1) is 19.3 Å². The number of benzene rings is 1. The van der Waals surface area contributed by atoms with Gasteiger partial charge in [0.05, 0.1) is 18.1 Å². The standard InChI is InChI=1S/C30H43NO5S/c1-9-30(10-2,21-13-14-23(19(3)16-21)36-18-24(32)29(5,6)7)25-17-20(4)26(37-25)27(33)31-15-11-12-22(31)28(34)35-8/h13-14,16-17,22,24,32H,9-12,15,18H2,1-8H3. The maximum atomic E-state index is 13.5. The van der Waals surface area contributed by atoms with Crippen LogP contribution in [0.15, 0.2) is 24.3 Å². The zero-order valence-electron chi connectivity index (χ0n) is 23.6. The predicted octanol–water partition coefficient (Wildman–Crippen LogP) is 6.03. The van der Waals surface area contributed by atoms with Gasteiger partial charge in [0.1, 0.15) is 18.4 Å². The first-order chi connectivity index (χ1) is 17.4. The van der Waals surface area contributed by atoms with Crippen LogP contribution in [-0.4, -0.2) is 54.3 Å². The van der Waals surface area contributed by atoms with Crippen LogP contribution in [0.1, 0.15) is 91.5 Å². The van der Waals surface area contributed by atoms with Crippen LogP contribution < -0.4 is 4.74 Å². The minimum absolute atomic E-state index is 0.0832. The van der Waals surface area contributed by atoms with Crippen molar-refractivity contribution >= 4 is 23.2 Å². The molecule has 0 aliphatic carbocycles. The lowest BCUT2D eigenvalue weighted by molar-refractivity contribution is -0.145. The molecule has 3 rings (SSSR count). The molecule has 0 radical (unpaired) electrons. The number of thiophene rings is 1. The summed E-state index contributed by atoms with van der Waals surface area (Å²) in [6, 6.07) is 7.93. The summed E-state index contributed by atoms with van der Waals surface area (Å²) in [4.78, 5) is 29.3. The number of hydrogen-bond acceptors (Lipinski definition) is 6. The van der Waals surface area contributed by atoms with Crippen LogP contribution in [0.25, 0.3) is 0 Å². The van der Waals surface area contributed by atoms with E-state index in [4.69, 9.17) is 9.47 Å². The molecule has 1 N–H and O–H groups in total. The second kappa shape index (κ2) is 11.6. The highest BCUT2D eigenvalue weighted by molar-refractivity contribution is 7.14. The van der Waals surface area contributed by atoms with Crippen LogP contribution in [-0.2, 0) is 14.9 Å². The Bertz CT molecular complexity index is 1110. The van der Waals surface area contributed by atoms with Crippen molar-refractivity contribution in [3.05, 3.63) is 50.7 Å². The fourth-order valence-electron chi connectivity index (χ4n) is 5.13. The number of ether oxygens (including phenoxy) is 2. The van der Waals surface area contributed by atoms with E-state index in [0.29, 0.717) is 17.8 Å². The molecule has 7 heteroatoms. The summed E-state index contributed by atoms with van der Waals surface area (Å²) in [6.45, 7) is 15.2. The third-order valence-corrected chi connectivity index (χ3v) is 9.33. The van der Waals surface area contributed by atoms with Crippen molar-refractivity contribution in [2.24, 2.45) is 5.41 Å². The zero-order valence-corrected chi connectivity index (χ0v) is 24.5. The van der Waals surface area contributed by atoms with Crippen molar-refractivity contribution in [2.45, 2.75) is 91.7 Å². The maximum Gasteiger partial charge on any atom is 0.328 e. The number of hydrogen-bond donors (Lipinski definition) is 1. The van der Waals surface area contributed by atoms with Gasteiger partial charge in [-0.05, 0) is 73.8 Å². The van der Waals surface area contributed by atoms with E-state index in [0.717, 1.165) is 41.0 Å². The Morgan fingerprint density at radius 1 is 1.14 bits per heavy atom. The Labute approximate surface area is 226 Å². The van der Waals surface area contributed by atoms with E-state index in [-0.39, 0.29) is 29.3 Å². The first-order valence-corrected chi connectivity index (χ1v) is 14.1. The number of nitrogens with zero attached hydrogens (tertiary/aromatic N) is 1. The number of amides is 1. The molecule has 2 aromatic rings. The minimum Gasteiger partial charge on any atom is -0.491 e. The van der Waals surface area contributed by atoms with Gasteiger partial charge in [-0.25, -0.2) is 4.79 Å². The summed E-state index contributed by atoms with van der Waals surface area (Å²) in [7, 11) is 1.37. The summed E-state index contributed by atoms with van der Waals surface area (Å²) >= 11 is 1.55. The third kappa shape index (κ3) is 5.88. The van der Waals surface area contributed by atoms with Gasteiger partial charge in [0.2, 0.25) is 0 Å². The summed E-state index contributed by atoms with van der Waals surface area (Å²) < 4.78 is 10.9. The molecule has 1 fully saturated rings. The van der Waals surface area contributed by atoms with Crippen molar-refractivity contribution in [1.29, 1.82) is 0 Å². The van der Waals surface area contributed by atoms with Crippen molar-refractivity contribution in [3.8, 4) is 5.75 Å². The SMILES string of the molecule is CCC(CC)(c1ccc(OCC(O)C(C)(C)C)c(C)c1)c1cc(C)c(C(=O)N2CCCC2C(=O)OC)s1. The maximum absolute atomic E-state index is 13.5. The van der Waals surface area contributed by atoms with Crippen molar-refractivity contribution in [3.63, 3.8) is 0 Å². The Morgan fingerprint density at radius 2 is 1.81 bits per heavy atom. The van der Waals surface area contributed by atoms with Crippen LogP contribution in [0.5, 0.6) is 5.75 Å². The Balaban J connectivity index is 1.91. The molecule has 2 heterocycles. The number of aliphatic hydroxyl groups is 1. The Hall–Kier alpha value is -2.38. The molecule has 1 aliphatic heterocycles. The van der Waals surface area contributed by atoms with Gasteiger partial charge < -0.3 is 19.5 Å². The lowest BCUT2D eigenvalue weighted by atomic mass is 9.74. The number of rotatable bonds is 9. The highest BCUT2D eigenvalue weighted by Crippen LogP contribution is 2.44.